The number of benzene rings is 1. The van der Waals surface area contributed by atoms with Gasteiger partial charge in [-0.15, -0.1) is 0 Å². The van der Waals surface area contributed by atoms with Crippen LogP contribution in [0.15, 0.2) is 36.8 Å². The van der Waals surface area contributed by atoms with E-state index in [2.05, 4.69) is 25.9 Å². The number of rotatable bonds is 6. The zero-order valence-corrected chi connectivity index (χ0v) is 17.0. The fraction of sp³-hybridized carbons (Fsp3) is 0.364. The highest BCUT2D eigenvalue weighted by Gasteiger charge is 2.23. The van der Waals surface area contributed by atoms with Gasteiger partial charge in [-0.3, -0.25) is 0 Å². The molecular formula is C22H23N5O3. The summed E-state index contributed by atoms with van der Waals surface area (Å²) < 4.78 is 16.7. The summed E-state index contributed by atoms with van der Waals surface area (Å²) >= 11 is 0. The molecule has 1 saturated heterocycles. The fourth-order valence-electron chi connectivity index (χ4n) is 3.69. The van der Waals surface area contributed by atoms with Gasteiger partial charge in [0, 0.05) is 36.8 Å². The lowest BCUT2D eigenvalue weighted by atomic mass is 9.97. The maximum absolute atomic E-state index is 8.99. The topological polar surface area (TPSA) is 93.4 Å². The first-order valence-electron chi connectivity index (χ1n) is 9.82. The smallest absolute Gasteiger partial charge is 0.214 e. The molecule has 0 unspecified atom stereocenters. The molecule has 30 heavy (non-hydrogen) atoms. The van der Waals surface area contributed by atoms with Crippen molar-refractivity contribution in [1.29, 1.82) is 5.26 Å². The molecule has 0 spiro atoms. The lowest BCUT2D eigenvalue weighted by Crippen LogP contribution is -2.36. The second kappa shape index (κ2) is 8.82. The maximum Gasteiger partial charge on any atom is 0.214 e. The zero-order valence-electron chi connectivity index (χ0n) is 17.0. The van der Waals surface area contributed by atoms with Crippen molar-refractivity contribution >= 4 is 16.7 Å². The van der Waals surface area contributed by atoms with E-state index in [1.807, 2.05) is 12.1 Å². The van der Waals surface area contributed by atoms with Gasteiger partial charge in [0.15, 0.2) is 11.5 Å². The third-order valence-corrected chi connectivity index (χ3v) is 5.36. The Labute approximate surface area is 175 Å². The van der Waals surface area contributed by atoms with E-state index in [1.165, 1.54) is 0 Å². The summed E-state index contributed by atoms with van der Waals surface area (Å²) in [6.45, 7) is 2.34. The van der Waals surface area contributed by atoms with Crippen LogP contribution in [0.4, 0.5) is 5.82 Å². The van der Waals surface area contributed by atoms with Crippen molar-refractivity contribution in [1.82, 2.24) is 15.0 Å². The van der Waals surface area contributed by atoms with Crippen LogP contribution in [0.2, 0.25) is 0 Å². The van der Waals surface area contributed by atoms with Crippen molar-refractivity contribution in [3.05, 3.63) is 42.4 Å². The van der Waals surface area contributed by atoms with Crippen LogP contribution >= 0.6 is 0 Å². The van der Waals surface area contributed by atoms with Gasteiger partial charge in [0.05, 0.1) is 38.0 Å². The van der Waals surface area contributed by atoms with E-state index < -0.39 is 0 Å². The van der Waals surface area contributed by atoms with Crippen LogP contribution in [-0.2, 0) is 0 Å². The van der Waals surface area contributed by atoms with Gasteiger partial charge >= 0.3 is 0 Å². The summed E-state index contributed by atoms with van der Waals surface area (Å²) in [6, 6.07) is 9.26. The SMILES string of the molecule is COc1cc2ncnc(N3CCC(COc4cc(C#N)ccn4)CC3)c2cc1OC. The van der Waals surface area contributed by atoms with Gasteiger partial charge in [-0.05, 0) is 30.9 Å². The lowest BCUT2D eigenvalue weighted by Gasteiger charge is -2.33. The monoisotopic (exact) mass is 405 g/mol. The van der Waals surface area contributed by atoms with Gasteiger partial charge < -0.3 is 19.1 Å². The molecule has 4 rings (SSSR count). The molecule has 1 aromatic carbocycles. The minimum Gasteiger partial charge on any atom is -0.493 e. The minimum atomic E-state index is 0.427. The molecule has 1 aliphatic rings. The number of hydrogen-bond acceptors (Lipinski definition) is 8. The van der Waals surface area contributed by atoms with Crippen LogP contribution < -0.4 is 19.1 Å². The molecule has 0 aliphatic carbocycles. The Kier molecular flexibility index (Phi) is 5.80. The van der Waals surface area contributed by atoms with Crippen LogP contribution in [0.5, 0.6) is 17.4 Å². The van der Waals surface area contributed by atoms with Crippen molar-refractivity contribution in [2.75, 3.05) is 38.8 Å². The third-order valence-electron chi connectivity index (χ3n) is 5.36. The number of piperidine rings is 1. The molecule has 0 atom stereocenters. The molecular weight excluding hydrogens is 382 g/mol. The molecule has 3 aromatic rings. The Morgan fingerprint density at radius 1 is 1.07 bits per heavy atom. The van der Waals surface area contributed by atoms with Gasteiger partial charge in [-0.25, -0.2) is 15.0 Å². The Hall–Kier alpha value is -3.60. The lowest BCUT2D eigenvalue weighted by molar-refractivity contribution is 0.216. The maximum atomic E-state index is 8.99. The molecule has 154 valence electrons. The van der Waals surface area contributed by atoms with Gasteiger partial charge in [0.25, 0.3) is 0 Å². The summed E-state index contributed by atoms with van der Waals surface area (Å²) in [5.41, 5.74) is 1.38. The number of hydrogen-bond donors (Lipinski definition) is 0. The van der Waals surface area contributed by atoms with E-state index in [9.17, 15) is 0 Å². The normalized spacial score (nSPS) is 14.4. The summed E-state index contributed by atoms with van der Waals surface area (Å²) in [5.74, 6) is 3.15. The predicted octanol–water partition coefficient (Wildman–Crippen LogP) is 3.21. The van der Waals surface area contributed by atoms with Crippen LogP contribution in [0, 0.1) is 17.2 Å². The van der Waals surface area contributed by atoms with Gasteiger partial charge in [-0.2, -0.15) is 5.26 Å². The predicted molar refractivity (Wildman–Crippen MR) is 112 cm³/mol. The average molecular weight is 405 g/mol. The quantitative estimate of drug-likeness (QED) is 0.617. The van der Waals surface area contributed by atoms with Crippen molar-refractivity contribution in [2.45, 2.75) is 12.8 Å². The van der Waals surface area contributed by atoms with Gasteiger partial charge in [0.2, 0.25) is 5.88 Å². The Bertz CT molecular complexity index is 1070. The highest BCUT2D eigenvalue weighted by molar-refractivity contribution is 5.92. The molecule has 2 aromatic heterocycles. The van der Waals surface area contributed by atoms with Crippen molar-refractivity contribution < 1.29 is 14.2 Å². The van der Waals surface area contributed by atoms with Crippen molar-refractivity contribution in [2.24, 2.45) is 5.92 Å². The van der Waals surface area contributed by atoms with Crippen LogP contribution in [-0.4, -0.2) is 48.9 Å². The molecule has 8 heteroatoms. The first-order valence-corrected chi connectivity index (χ1v) is 9.82. The summed E-state index contributed by atoms with van der Waals surface area (Å²) in [7, 11) is 3.24. The number of aromatic nitrogens is 3. The van der Waals surface area contributed by atoms with Crippen molar-refractivity contribution in [3.63, 3.8) is 0 Å². The van der Waals surface area contributed by atoms with E-state index in [0.717, 1.165) is 42.7 Å². The summed E-state index contributed by atoms with van der Waals surface area (Å²) in [5, 5.41) is 9.94. The number of anilines is 1. The molecule has 0 radical (unpaired) electrons. The van der Waals surface area contributed by atoms with Crippen LogP contribution in [0.3, 0.4) is 0 Å². The Balaban J connectivity index is 1.43. The number of nitriles is 1. The number of nitrogens with zero attached hydrogens (tertiary/aromatic N) is 5. The highest BCUT2D eigenvalue weighted by atomic mass is 16.5. The van der Waals surface area contributed by atoms with Crippen molar-refractivity contribution in [3.8, 4) is 23.4 Å². The molecule has 3 heterocycles. The molecule has 1 aliphatic heterocycles. The molecule has 8 nitrogen and oxygen atoms in total. The van der Waals surface area contributed by atoms with E-state index in [1.54, 1.807) is 38.9 Å². The van der Waals surface area contributed by atoms with E-state index in [-0.39, 0.29) is 0 Å². The summed E-state index contributed by atoms with van der Waals surface area (Å²) in [4.78, 5) is 15.4. The van der Waals surface area contributed by atoms with Crippen LogP contribution in [0.25, 0.3) is 10.9 Å². The van der Waals surface area contributed by atoms with E-state index in [0.29, 0.717) is 35.5 Å². The average Bonchev–Trinajstić information content (AvgIpc) is 2.81. The Morgan fingerprint density at radius 3 is 2.57 bits per heavy atom. The number of fused-ring (bicyclic) bond motifs is 1. The second-order valence-electron chi connectivity index (χ2n) is 7.16. The van der Waals surface area contributed by atoms with E-state index in [4.69, 9.17) is 19.5 Å². The number of pyridine rings is 1. The number of methoxy groups -OCH3 is 2. The minimum absolute atomic E-state index is 0.427. The first kappa shape index (κ1) is 19.7. The molecule has 0 N–H and O–H groups in total. The zero-order chi connectivity index (χ0) is 20.9. The molecule has 1 fully saturated rings. The third kappa shape index (κ3) is 4.06. The highest BCUT2D eigenvalue weighted by Crippen LogP contribution is 2.35. The molecule has 0 amide bonds. The summed E-state index contributed by atoms with van der Waals surface area (Å²) in [6.07, 6.45) is 5.15. The number of ether oxygens (including phenoxy) is 3. The standard InChI is InChI=1S/C22H23N5O3/c1-28-19-10-17-18(11-20(19)29-2)25-14-26-22(17)27-7-4-15(5-8-27)13-30-21-9-16(12-23)3-6-24-21/h3,6,9-11,14-15H,4-5,7-8,13H2,1-2H3. The van der Waals surface area contributed by atoms with E-state index >= 15 is 0 Å². The van der Waals surface area contributed by atoms with Gasteiger partial charge in [-0.1, -0.05) is 0 Å². The first-order chi connectivity index (χ1) is 14.7. The van der Waals surface area contributed by atoms with Gasteiger partial charge in [0.1, 0.15) is 12.1 Å². The molecule has 0 saturated carbocycles. The fourth-order valence-corrected chi connectivity index (χ4v) is 3.69. The Morgan fingerprint density at radius 2 is 1.83 bits per heavy atom. The molecule has 0 bridgehead atoms. The van der Waals surface area contributed by atoms with Crippen LogP contribution in [0.1, 0.15) is 18.4 Å². The second-order valence-corrected chi connectivity index (χ2v) is 7.16. The largest absolute Gasteiger partial charge is 0.493 e.